The molecule has 0 atom stereocenters. The molecule has 1 N–H and O–H groups in total. The van der Waals surface area contributed by atoms with Gasteiger partial charge in [0.25, 0.3) is 10.0 Å². The lowest BCUT2D eigenvalue weighted by Gasteiger charge is -2.33. The van der Waals surface area contributed by atoms with Gasteiger partial charge in [-0.25, -0.2) is 18.2 Å². The van der Waals surface area contributed by atoms with Crippen LogP contribution in [0, 0.1) is 5.92 Å². The molecule has 0 spiro atoms. The summed E-state index contributed by atoms with van der Waals surface area (Å²) in [5, 5.41) is 9.23. The van der Waals surface area contributed by atoms with Crippen molar-refractivity contribution in [3.8, 4) is 0 Å². The first kappa shape index (κ1) is 15.4. The van der Waals surface area contributed by atoms with Crippen molar-refractivity contribution in [1.82, 2.24) is 9.29 Å². The molecule has 0 aliphatic heterocycles. The van der Waals surface area contributed by atoms with Gasteiger partial charge in [0, 0.05) is 13.6 Å². The number of carbonyl (C=O) groups is 1. The van der Waals surface area contributed by atoms with Crippen LogP contribution >= 0.6 is 11.3 Å². The predicted molar refractivity (Wildman–Crippen MR) is 72.0 cm³/mol. The van der Waals surface area contributed by atoms with Gasteiger partial charge in [-0.3, -0.25) is 0 Å². The van der Waals surface area contributed by atoms with Gasteiger partial charge < -0.3 is 9.84 Å². The minimum absolute atomic E-state index is 0.105. The van der Waals surface area contributed by atoms with E-state index in [0.717, 1.165) is 11.3 Å². The van der Waals surface area contributed by atoms with E-state index in [1.807, 2.05) is 0 Å². The van der Waals surface area contributed by atoms with Gasteiger partial charge in [0.05, 0.1) is 18.7 Å². The number of nitrogens with zero attached hydrogens (tertiary/aromatic N) is 2. The summed E-state index contributed by atoms with van der Waals surface area (Å²) in [4.78, 5) is 15.3. The molecule has 9 heteroatoms. The lowest BCUT2D eigenvalue weighted by Crippen LogP contribution is -2.39. The number of hydrogen-bond donors (Lipinski definition) is 1. The molecule has 20 heavy (non-hydrogen) atoms. The summed E-state index contributed by atoms with van der Waals surface area (Å²) in [7, 11) is -1.13. The maximum absolute atomic E-state index is 12.4. The standard InChI is InChI=1S/C11H16N2O5S2/c1-13(5-7-3-8(14)4-7)20(16,17)11-9(10(15)18-2)12-6-19-11/h6-8,14H,3-5H2,1-2H3. The molecule has 7 nitrogen and oxygen atoms in total. The fourth-order valence-electron chi connectivity index (χ4n) is 2.10. The maximum atomic E-state index is 12.4. The highest BCUT2D eigenvalue weighted by Gasteiger charge is 2.34. The molecule has 0 radical (unpaired) electrons. The minimum atomic E-state index is -3.76. The molecule has 0 unspecified atom stereocenters. The number of ether oxygens (including phenoxy) is 1. The van der Waals surface area contributed by atoms with Crippen LogP contribution in [0.15, 0.2) is 9.72 Å². The summed E-state index contributed by atoms with van der Waals surface area (Å²) < 4.78 is 30.5. The summed E-state index contributed by atoms with van der Waals surface area (Å²) in [6.07, 6.45) is 0.879. The highest BCUT2D eigenvalue weighted by atomic mass is 32.2. The number of rotatable bonds is 5. The third-order valence-corrected chi connectivity index (χ3v) is 6.45. The number of aliphatic hydroxyl groups is 1. The van der Waals surface area contributed by atoms with Crippen molar-refractivity contribution in [2.45, 2.75) is 23.2 Å². The Morgan fingerprint density at radius 1 is 1.60 bits per heavy atom. The Labute approximate surface area is 121 Å². The SMILES string of the molecule is COC(=O)c1ncsc1S(=O)(=O)N(C)CC1CC(O)C1. The van der Waals surface area contributed by atoms with Gasteiger partial charge in [-0.2, -0.15) is 4.31 Å². The maximum Gasteiger partial charge on any atom is 0.358 e. The van der Waals surface area contributed by atoms with E-state index < -0.39 is 16.0 Å². The number of aromatic nitrogens is 1. The fourth-order valence-corrected chi connectivity index (χ4v) is 4.67. The van der Waals surface area contributed by atoms with Gasteiger partial charge in [0.15, 0.2) is 9.90 Å². The smallest absolute Gasteiger partial charge is 0.358 e. The topological polar surface area (TPSA) is 96.8 Å². The van der Waals surface area contributed by atoms with Gasteiger partial charge in [0.2, 0.25) is 0 Å². The molecule has 1 aliphatic rings. The fraction of sp³-hybridized carbons (Fsp3) is 0.636. The van der Waals surface area contributed by atoms with Crippen molar-refractivity contribution in [2.24, 2.45) is 5.92 Å². The van der Waals surface area contributed by atoms with E-state index in [0.29, 0.717) is 19.4 Å². The predicted octanol–water partition coefficient (Wildman–Crippen LogP) is 0.321. The Kier molecular flexibility index (Phi) is 4.43. The van der Waals surface area contributed by atoms with E-state index >= 15 is 0 Å². The summed E-state index contributed by atoms with van der Waals surface area (Å²) in [5.41, 5.74) is 1.12. The molecule has 112 valence electrons. The number of esters is 1. The van der Waals surface area contributed by atoms with Crippen molar-refractivity contribution in [3.05, 3.63) is 11.2 Å². The number of carbonyl (C=O) groups excluding carboxylic acids is 1. The molecule has 1 aromatic rings. The van der Waals surface area contributed by atoms with Crippen LogP contribution in [-0.4, -0.2) is 55.6 Å². The van der Waals surface area contributed by atoms with Crippen molar-refractivity contribution >= 4 is 27.3 Å². The highest BCUT2D eigenvalue weighted by Crippen LogP contribution is 2.30. The first-order valence-electron chi connectivity index (χ1n) is 6.02. The monoisotopic (exact) mass is 320 g/mol. The molecular weight excluding hydrogens is 304 g/mol. The summed E-state index contributed by atoms with van der Waals surface area (Å²) in [5.74, 6) is -0.614. The summed E-state index contributed by atoms with van der Waals surface area (Å²) in [6, 6.07) is 0. The molecule has 1 saturated carbocycles. The first-order chi connectivity index (χ1) is 9.36. The van der Waals surface area contributed by atoms with Gasteiger partial charge in [-0.05, 0) is 18.8 Å². The summed E-state index contributed by atoms with van der Waals surface area (Å²) in [6.45, 7) is 0.317. The Bertz CT molecular complexity index is 592. The largest absolute Gasteiger partial charge is 0.464 e. The van der Waals surface area contributed by atoms with Crippen LogP contribution in [0.4, 0.5) is 0 Å². The third-order valence-electron chi connectivity index (χ3n) is 3.28. The van der Waals surface area contributed by atoms with Crippen LogP contribution in [-0.2, 0) is 14.8 Å². The van der Waals surface area contributed by atoms with E-state index in [1.165, 1.54) is 24.0 Å². The lowest BCUT2D eigenvalue weighted by molar-refractivity contribution is 0.0367. The average molecular weight is 320 g/mol. The second kappa shape index (κ2) is 5.76. The molecule has 1 fully saturated rings. The van der Waals surface area contributed by atoms with E-state index in [4.69, 9.17) is 0 Å². The molecule has 0 bridgehead atoms. The van der Waals surface area contributed by atoms with Gasteiger partial charge in [-0.15, -0.1) is 11.3 Å². The van der Waals surface area contributed by atoms with Crippen LogP contribution in [0.25, 0.3) is 0 Å². The molecule has 1 aliphatic carbocycles. The van der Waals surface area contributed by atoms with Crippen molar-refractivity contribution in [2.75, 3.05) is 20.7 Å². The highest BCUT2D eigenvalue weighted by molar-refractivity contribution is 7.91. The van der Waals surface area contributed by atoms with Crippen LogP contribution in [0.2, 0.25) is 0 Å². The second-order valence-corrected chi connectivity index (χ2v) is 7.85. The minimum Gasteiger partial charge on any atom is -0.464 e. The van der Waals surface area contributed by atoms with Crippen molar-refractivity contribution < 1.29 is 23.1 Å². The van der Waals surface area contributed by atoms with E-state index in [1.54, 1.807) is 0 Å². The zero-order chi connectivity index (χ0) is 14.9. The number of methoxy groups -OCH3 is 1. The molecule has 2 rings (SSSR count). The Morgan fingerprint density at radius 3 is 2.80 bits per heavy atom. The van der Waals surface area contributed by atoms with Crippen molar-refractivity contribution in [3.63, 3.8) is 0 Å². The Balaban J connectivity index is 2.17. The molecular formula is C11H16N2O5S2. The molecule has 0 saturated heterocycles. The third kappa shape index (κ3) is 2.85. The normalized spacial score (nSPS) is 22.6. The van der Waals surface area contributed by atoms with E-state index in [2.05, 4.69) is 9.72 Å². The average Bonchev–Trinajstić information content (AvgIpc) is 2.85. The molecule has 0 aromatic carbocycles. The number of aliphatic hydroxyl groups excluding tert-OH is 1. The molecule has 1 aromatic heterocycles. The van der Waals surface area contributed by atoms with Crippen molar-refractivity contribution in [1.29, 1.82) is 0 Å². The molecule has 1 heterocycles. The van der Waals surface area contributed by atoms with Crippen LogP contribution in [0.5, 0.6) is 0 Å². The van der Waals surface area contributed by atoms with Crippen LogP contribution < -0.4 is 0 Å². The number of thiazole rings is 1. The Hall–Kier alpha value is -1.03. The van der Waals surface area contributed by atoms with E-state index in [-0.39, 0.29) is 21.9 Å². The second-order valence-electron chi connectivity index (χ2n) is 4.76. The lowest BCUT2D eigenvalue weighted by atomic mass is 9.82. The number of hydrogen-bond acceptors (Lipinski definition) is 7. The van der Waals surface area contributed by atoms with E-state index in [9.17, 15) is 18.3 Å². The van der Waals surface area contributed by atoms with Gasteiger partial charge >= 0.3 is 5.97 Å². The Morgan fingerprint density at radius 2 is 2.25 bits per heavy atom. The van der Waals surface area contributed by atoms with Crippen LogP contribution in [0.3, 0.4) is 0 Å². The quantitative estimate of drug-likeness (QED) is 0.785. The zero-order valence-corrected chi connectivity index (χ0v) is 12.8. The van der Waals surface area contributed by atoms with Gasteiger partial charge in [0.1, 0.15) is 0 Å². The summed E-state index contributed by atoms with van der Waals surface area (Å²) >= 11 is 0.891. The van der Waals surface area contributed by atoms with Gasteiger partial charge in [-0.1, -0.05) is 0 Å². The molecule has 0 amide bonds. The van der Waals surface area contributed by atoms with Crippen LogP contribution in [0.1, 0.15) is 23.3 Å². The zero-order valence-electron chi connectivity index (χ0n) is 11.1. The number of sulfonamides is 1. The first-order valence-corrected chi connectivity index (χ1v) is 8.34.